The highest BCUT2D eigenvalue weighted by atomic mass is 19.4. The van der Waals surface area contributed by atoms with Gasteiger partial charge in [0.2, 0.25) is 0 Å². The Morgan fingerprint density at radius 2 is 1.54 bits per heavy atom. The summed E-state index contributed by atoms with van der Waals surface area (Å²) in [6, 6.07) is -2.92. The standard InChI is InChI=1S/C39H59F3N2O6/c1-21(2)29-24(45)19-38(44-32(49)43-22(3)39(40,41)42)18-17-36(9)23(30(29)38)11-12-26-35(8)15-14-27(50-28(46)20-33(4,5)31(47)48)34(6,7)25(35)13-16-37(26,36)10/h21-23,25-27H,11-20H2,1-10H3,(H,47,48)(H2,43,44,49)/t22?,23?,25?,26?,27-,35-,36+,37?,38+/m0/s1. The minimum absolute atomic E-state index is 0.00438. The maximum atomic E-state index is 13.7. The zero-order chi connectivity index (χ0) is 37.6. The summed E-state index contributed by atoms with van der Waals surface area (Å²) in [5.74, 6) is -0.984. The molecule has 3 N–H and O–H groups in total. The third-order valence-corrected chi connectivity index (χ3v) is 15.0. The summed E-state index contributed by atoms with van der Waals surface area (Å²) >= 11 is 0. The van der Waals surface area contributed by atoms with Crippen LogP contribution in [-0.4, -0.2) is 52.7 Å². The second kappa shape index (κ2) is 12.2. The Hall–Kier alpha value is -2.59. The van der Waals surface area contributed by atoms with Gasteiger partial charge in [0.1, 0.15) is 12.1 Å². The van der Waals surface area contributed by atoms with Crippen LogP contribution in [-0.2, 0) is 19.1 Å². The van der Waals surface area contributed by atoms with Crippen molar-refractivity contribution in [1.29, 1.82) is 0 Å². The highest BCUT2D eigenvalue weighted by Gasteiger charge is 2.70. The number of Topliss-reactive ketones (excluding diaryl/α,β-unsaturated/α-hetero) is 1. The summed E-state index contributed by atoms with van der Waals surface area (Å²) < 4.78 is 46.2. The van der Waals surface area contributed by atoms with Crippen LogP contribution >= 0.6 is 0 Å². The van der Waals surface area contributed by atoms with Crippen LogP contribution in [0.15, 0.2) is 11.1 Å². The number of carbonyl (C=O) groups excluding carboxylic acids is 3. The Morgan fingerprint density at radius 3 is 2.12 bits per heavy atom. The van der Waals surface area contributed by atoms with Gasteiger partial charge in [0, 0.05) is 11.8 Å². The third kappa shape index (κ3) is 5.88. The van der Waals surface area contributed by atoms with Crippen molar-refractivity contribution in [3.63, 3.8) is 0 Å². The summed E-state index contributed by atoms with van der Waals surface area (Å²) in [7, 11) is 0. The van der Waals surface area contributed by atoms with Crippen molar-refractivity contribution >= 4 is 23.8 Å². The second-order valence-corrected chi connectivity index (χ2v) is 18.8. The van der Waals surface area contributed by atoms with Crippen molar-refractivity contribution in [2.24, 2.45) is 50.7 Å². The fourth-order valence-electron chi connectivity index (χ4n) is 12.1. The summed E-state index contributed by atoms with van der Waals surface area (Å²) in [4.78, 5) is 51.6. The molecule has 0 saturated heterocycles. The van der Waals surface area contributed by atoms with Crippen molar-refractivity contribution in [2.45, 2.75) is 157 Å². The van der Waals surface area contributed by atoms with Crippen LogP contribution in [0.4, 0.5) is 18.0 Å². The molecule has 5 aliphatic rings. The number of urea groups is 1. The largest absolute Gasteiger partial charge is 0.481 e. The van der Waals surface area contributed by atoms with Crippen LogP contribution in [0.25, 0.3) is 0 Å². The first-order chi connectivity index (χ1) is 22.8. The molecule has 282 valence electrons. The molecule has 0 aromatic carbocycles. The molecule has 0 spiro atoms. The number of allylic oxidation sites excluding steroid dienone is 1. The van der Waals surface area contributed by atoms with Crippen LogP contribution in [0, 0.1) is 50.7 Å². The van der Waals surface area contributed by atoms with Gasteiger partial charge in [-0.1, -0.05) is 48.5 Å². The molecule has 5 rings (SSSR count). The number of aliphatic carboxylic acids is 1. The van der Waals surface area contributed by atoms with Gasteiger partial charge in [-0.2, -0.15) is 13.2 Å². The van der Waals surface area contributed by atoms with E-state index in [2.05, 4.69) is 45.3 Å². The number of carboxylic acid groups (broad SMARTS) is 1. The number of hydrogen-bond donors (Lipinski definition) is 3. The number of rotatable bonds is 7. The quantitative estimate of drug-likeness (QED) is 0.229. The number of halogens is 3. The van der Waals surface area contributed by atoms with Gasteiger partial charge in [-0.25, -0.2) is 4.79 Å². The number of esters is 1. The molecule has 8 nitrogen and oxygen atoms in total. The monoisotopic (exact) mass is 708 g/mol. The number of nitrogens with one attached hydrogen (secondary N) is 2. The molecular weight excluding hydrogens is 649 g/mol. The molecule has 5 unspecified atom stereocenters. The number of hydrogen-bond acceptors (Lipinski definition) is 5. The Bertz CT molecular complexity index is 1470. The molecule has 0 aromatic rings. The maximum Gasteiger partial charge on any atom is 0.408 e. The second-order valence-electron chi connectivity index (χ2n) is 18.8. The van der Waals surface area contributed by atoms with E-state index in [0.29, 0.717) is 18.8 Å². The molecule has 11 heteroatoms. The molecule has 0 heterocycles. The molecule has 0 aliphatic heterocycles. The Kier molecular flexibility index (Phi) is 9.46. The van der Waals surface area contributed by atoms with Gasteiger partial charge in [0.15, 0.2) is 5.78 Å². The van der Waals surface area contributed by atoms with Gasteiger partial charge >= 0.3 is 24.1 Å². The minimum atomic E-state index is -4.58. The Balaban J connectivity index is 1.44. The SMILES string of the molecule is CC(C)C1=C2C3CCC4C(C)(CCC5C(C)(C)[C@@H](OC(=O)CC(C)(C)C(=O)O)CC[C@@]54C)[C@]3(C)CC[C@@]2(NC(=O)NC(C)C(F)(F)F)CC1=O. The zero-order valence-corrected chi connectivity index (χ0v) is 31.7. The Morgan fingerprint density at radius 1 is 0.900 bits per heavy atom. The topological polar surface area (TPSA) is 122 Å². The number of ether oxygens (including phenoxy) is 1. The summed E-state index contributed by atoms with van der Waals surface area (Å²) in [5.41, 5.74) is -1.21. The number of carboxylic acids is 1. The van der Waals surface area contributed by atoms with Crippen molar-refractivity contribution in [1.82, 2.24) is 10.6 Å². The van der Waals surface area contributed by atoms with Gasteiger partial charge in [-0.3, -0.25) is 14.4 Å². The first-order valence-corrected chi connectivity index (χ1v) is 18.6. The maximum absolute atomic E-state index is 13.7. The zero-order valence-electron chi connectivity index (χ0n) is 31.7. The van der Waals surface area contributed by atoms with Gasteiger partial charge < -0.3 is 20.5 Å². The van der Waals surface area contributed by atoms with E-state index in [0.717, 1.165) is 56.6 Å². The van der Waals surface area contributed by atoms with Crippen LogP contribution in [0.3, 0.4) is 0 Å². The van der Waals surface area contributed by atoms with E-state index in [1.165, 1.54) is 13.8 Å². The molecule has 2 amide bonds. The van der Waals surface area contributed by atoms with E-state index in [4.69, 9.17) is 4.74 Å². The summed E-state index contributed by atoms with van der Waals surface area (Å²) in [6.45, 7) is 19.6. The van der Waals surface area contributed by atoms with E-state index in [-0.39, 0.29) is 64.1 Å². The predicted octanol–water partition coefficient (Wildman–Crippen LogP) is 8.38. The molecular formula is C39H59F3N2O6. The minimum Gasteiger partial charge on any atom is -0.481 e. The van der Waals surface area contributed by atoms with Gasteiger partial charge in [0.05, 0.1) is 17.4 Å². The Labute approximate surface area is 295 Å². The highest BCUT2D eigenvalue weighted by Crippen LogP contribution is 2.76. The normalized spacial score (nSPS) is 38.7. The van der Waals surface area contributed by atoms with Gasteiger partial charge in [-0.15, -0.1) is 0 Å². The smallest absolute Gasteiger partial charge is 0.408 e. The molecule has 4 saturated carbocycles. The summed E-state index contributed by atoms with van der Waals surface area (Å²) in [5, 5.41) is 14.6. The molecule has 0 bridgehead atoms. The number of carbonyl (C=O) groups is 4. The van der Waals surface area contributed by atoms with Crippen LogP contribution in [0.2, 0.25) is 0 Å². The number of fused-ring (bicyclic) bond motifs is 7. The lowest BCUT2D eigenvalue weighted by molar-refractivity contribution is -0.232. The van der Waals surface area contributed by atoms with Crippen molar-refractivity contribution in [3.05, 3.63) is 11.1 Å². The van der Waals surface area contributed by atoms with Crippen molar-refractivity contribution in [3.8, 4) is 0 Å². The molecule has 9 atom stereocenters. The summed E-state index contributed by atoms with van der Waals surface area (Å²) in [6.07, 6.45) is 1.43. The third-order valence-electron chi connectivity index (χ3n) is 15.0. The molecule has 5 aliphatic carbocycles. The number of ketones is 1. The lowest BCUT2D eigenvalue weighted by Crippen LogP contribution is -2.67. The molecule has 0 radical (unpaired) electrons. The highest BCUT2D eigenvalue weighted by molar-refractivity contribution is 6.02. The average Bonchev–Trinajstić information content (AvgIpc) is 3.25. The fourth-order valence-corrected chi connectivity index (χ4v) is 12.1. The molecule has 50 heavy (non-hydrogen) atoms. The van der Waals surface area contributed by atoms with Crippen LogP contribution < -0.4 is 10.6 Å². The van der Waals surface area contributed by atoms with Crippen LogP contribution in [0.5, 0.6) is 0 Å². The van der Waals surface area contributed by atoms with E-state index < -0.39 is 41.1 Å². The van der Waals surface area contributed by atoms with E-state index in [1.54, 1.807) is 0 Å². The predicted molar refractivity (Wildman–Crippen MR) is 183 cm³/mol. The first kappa shape index (κ1) is 38.6. The average molecular weight is 709 g/mol. The fraction of sp³-hybridized carbons (Fsp3) is 0.846. The number of amides is 2. The van der Waals surface area contributed by atoms with Crippen LogP contribution in [0.1, 0.15) is 133 Å². The van der Waals surface area contributed by atoms with Gasteiger partial charge in [-0.05, 0) is 123 Å². The van der Waals surface area contributed by atoms with E-state index in [9.17, 15) is 37.5 Å². The molecule has 0 aromatic heterocycles. The van der Waals surface area contributed by atoms with E-state index in [1.807, 2.05) is 13.8 Å². The van der Waals surface area contributed by atoms with Gasteiger partial charge in [0.25, 0.3) is 0 Å². The van der Waals surface area contributed by atoms with E-state index >= 15 is 0 Å². The number of alkyl halides is 3. The lowest BCUT2D eigenvalue weighted by atomic mass is 9.33. The van der Waals surface area contributed by atoms with Crippen molar-refractivity contribution < 1.29 is 42.2 Å². The lowest BCUT2D eigenvalue weighted by Gasteiger charge is -2.72. The molecule has 4 fully saturated rings. The van der Waals surface area contributed by atoms with Crippen molar-refractivity contribution in [2.75, 3.05) is 0 Å². The first-order valence-electron chi connectivity index (χ1n) is 18.6.